The van der Waals surface area contributed by atoms with Crippen LogP contribution in [0.1, 0.15) is 57.2 Å². The van der Waals surface area contributed by atoms with E-state index in [-0.39, 0.29) is 23.5 Å². The van der Waals surface area contributed by atoms with Crippen molar-refractivity contribution in [3.05, 3.63) is 58.6 Å². The minimum atomic E-state index is -3.88. The highest BCUT2D eigenvalue weighted by atomic mass is 35.5. The molecule has 9 heteroatoms. The van der Waals surface area contributed by atoms with E-state index in [9.17, 15) is 13.2 Å². The average Bonchev–Trinajstić information content (AvgIpc) is 3.21. The van der Waals surface area contributed by atoms with Crippen LogP contribution in [0.5, 0.6) is 5.75 Å². The summed E-state index contributed by atoms with van der Waals surface area (Å²) in [6, 6.07) is 11.4. The lowest BCUT2D eigenvalue weighted by molar-refractivity contribution is 0.0138. The van der Waals surface area contributed by atoms with Gasteiger partial charge in [-0.3, -0.25) is 0 Å². The normalized spacial score (nSPS) is 20.6. The maximum atomic E-state index is 14.1. The van der Waals surface area contributed by atoms with Gasteiger partial charge in [-0.25, -0.2) is 13.2 Å². The number of amides is 1. The van der Waals surface area contributed by atoms with E-state index in [1.807, 2.05) is 39.0 Å². The first kappa shape index (κ1) is 25.8. The van der Waals surface area contributed by atoms with Crippen LogP contribution in [-0.2, 0) is 21.2 Å². The Hall–Kier alpha value is -2.29. The van der Waals surface area contributed by atoms with Crippen LogP contribution < -0.4 is 4.74 Å². The number of ether oxygens (including phenoxy) is 2. The third-order valence-electron chi connectivity index (χ3n) is 6.50. The van der Waals surface area contributed by atoms with Crippen molar-refractivity contribution in [3.8, 4) is 5.75 Å². The number of hydrogen-bond donors (Lipinski definition) is 0. The summed E-state index contributed by atoms with van der Waals surface area (Å²) >= 11 is 6.04. The summed E-state index contributed by atoms with van der Waals surface area (Å²) in [5, 5.41) is 0.475. The third kappa shape index (κ3) is 5.60. The Morgan fingerprint density at radius 1 is 1.11 bits per heavy atom. The van der Waals surface area contributed by atoms with Gasteiger partial charge in [-0.1, -0.05) is 17.7 Å². The standard InChI is InChI=1S/C26H33ClN2O5S/c1-26(2,3)34-25(30)28-15-5-6-20(17-28)29(35(31,32)22-11-8-19(27)9-12-22)24-14-7-18-16-21(33-4)10-13-23(18)24/h8-13,16,20,24H,5-7,14-15,17H2,1-4H3/t20-,24?/m1/s1. The Kier molecular flexibility index (Phi) is 7.36. The number of sulfonamides is 1. The molecular weight excluding hydrogens is 488 g/mol. The molecule has 1 saturated heterocycles. The van der Waals surface area contributed by atoms with Gasteiger partial charge >= 0.3 is 6.09 Å². The van der Waals surface area contributed by atoms with Crippen molar-refractivity contribution in [3.63, 3.8) is 0 Å². The fourth-order valence-corrected chi connectivity index (χ4v) is 6.93. The van der Waals surface area contributed by atoms with Crippen molar-refractivity contribution in [1.29, 1.82) is 0 Å². The number of methoxy groups -OCH3 is 1. The maximum Gasteiger partial charge on any atom is 0.410 e. The number of hydrogen-bond acceptors (Lipinski definition) is 5. The van der Waals surface area contributed by atoms with E-state index in [2.05, 4.69) is 0 Å². The number of halogens is 1. The summed E-state index contributed by atoms with van der Waals surface area (Å²) in [5.41, 5.74) is 1.45. The highest BCUT2D eigenvalue weighted by Crippen LogP contribution is 2.42. The van der Waals surface area contributed by atoms with E-state index < -0.39 is 21.7 Å². The number of carbonyl (C=O) groups excluding carboxylic acids is 1. The fraction of sp³-hybridized carbons (Fsp3) is 0.500. The number of fused-ring (bicyclic) bond motifs is 1. The zero-order valence-corrected chi connectivity index (χ0v) is 22.2. The molecule has 1 aliphatic heterocycles. The van der Waals surface area contributed by atoms with Crippen molar-refractivity contribution in [1.82, 2.24) is 9.21 Å². The average molecular weight is 521 g/mol. The molecule has 190 valence electrons. The first-order chi connectivity index (χ1) is 16.5. The van der Waals surface area contributed by atoms with E-state index in [0.717, 1.165) is 23.3 Å². The van der Waals surface area contributed by atoms with Crippen molar-refractivity contribution in [2.75, 3.05) is 20.2 Å². The molecular formula is C26H33ClN2O5S. The van der Waals surface area contributed by atoms with Gasteiger partial charge in [0.2, 0.25) is 10.0 Å². The summed E-state index contributed by atoms with van der Waals surface area (Å²) in [7, 11) is -2.26. The van der Waals surface area contributed by atoms with Crippen LogP contribution in [0.2, 0.25) is 5.02 Å². The van der Waals surface area contributed by atoms with E-state index >= 15 is 0 Å². The van der Waals surface area contributed by atoms with Crippen LogP contribution in [0.15, 0.2) is 47.4 Å². The summed E-state index contributed by atoms with van der Waals surface area (Å²) in [5.74, 6) is 0.755. The lowest BCUT2D eigenvalue weighted by atomic mass is 10.0. The van der Waals surface area contributed by atoms with E-state index in [1.54, 1.807) is 40.6 Å². The molecule has 0 N–H and O–H groups in total. The third-order valence-corrected chi connectivity index (χ3v) is 8.73. The predicted molar refractivity (Wildman–Crippen MR) is 135 cm³/mol. The topological polar surface area (TPSA) is 76.2 Å². The van der Waals surface area contributed by atoms with Crippen LogP contribution in [0.3, 0.4) is 0 Å². The van der Waals surface area contributed by atoms with Gasteiger partial charge in [0, 0.05) is 24.2 Å². The zero-order chi connectivity index (χ0) is 25.4. The molecule has 35 heavy (non-hydrogen) atoms. The van der Waals surface area contributed by atoms with E-state index in [1.165, 1.54) is 0 Å². The molecule has 2 aliphatic rings. The van der Waals surface area contributed by atoms with Crippen LogP contribution in [0.4, 0.5) is 4.79 Å². The second kappa shape index (κ2) is 9.99. The number of aryl methyl sites for hydroxylation is 1. The summed E-state index contributed by atoms with van der Waals surface area (Å²) in [4.78, 5) is 14.7. The molecule has 0 aromatic heterocycles. The second-order valence-electron chi connectivity index (χ2n) is 10.1. The minimum absolute atomic E-state index is 0.193. The van der Waals surface area contributed by atoms with Gasteiger partial charge in [0.05, 0.1) is 18.0 Å². The van der Waals surface area contributed by atoms with Crippen molar-refractivity contribution >= 4 is 27.7 Å². The number of carbonyl (C=O) groups is 1. The predicted octanol–water partition coefficient (Wildman–Crippen LogP) is 5.43. The summed E-state index contributed by atoms with van der Waals surface area (Å²) < 4.78 is 40.8. The molecule has 1 fully saturated rings. The largest absolute Gasteiger partial charge is 0.497 e. The van der Waals surface area contributed by atoms with E-state index in [0.29, 0.717) is 30.8 Å². The van der Waals surface area contributed by atoms with Gasteiger partial charge in [0.25, 0.3) is 0 Å². The molecule has 4 rings (SSSR count). The van der Waals surface area contributed by atoms with Gasteiger partial charge < -0.3 is 14.4 Å². The maximum absolute atomic E-state index is 14.1. The lowest BCUT2D eigenvalue weighted by Gasteiger charge is -2.41. The van der Waals surface area contributed by atoms with Gasteiger partial charge in [-0.05, 0) is 94.0 Å². The molecule has 2 atom stereocenters. The van der Waals surface area contributed by atoms with Gasteiger partial charge in [0.1, 0.15) is 11.4 Å². The molecule has 1 aliphatic carbocycles. The molecule has 2 aromatic carbocycles. The Balaban J connectivity index is 1.72. The van der Waals surface area contributed by atoms with Gasteiger partial charge in [-0.15, -0.1) is 0 Å². The van der Waals surface area contributed by atoms with Crippen molar-refractivity contribution in [2.24, 2.45) is 0 Å². The Bertz CT molecular complexity index is 1180. The molecule has 2 aromatic rings. The molecule has 0 radical (unpaired) electrons. The molecule has 1 heterocycles. The number of piperidine rings is 1. The summed E-state index contributed by atoms with van der Waals surface area (Å²) in [6.45, 7) is 6.30. The molecule has 0 bridgehead atoms. The Morgan fingerprint density at radius 3 is 2.49 bits per heavy atom. The van der Waals surface area contributed by atoms with Gasteiger partial charge in [-0.2, -0.15) is 4.31 Å². The molecule has 1 unspecified atom stereocenters. The van der Waals surface area contributed by atoms with Crippen molar-refractivity contribution < 1.29 is 22.7 Å². The van der Waals surface area contributed by atoms with Crippen LogP contribution in [-0.4, -0.2) is 55.6 Å². The smallest absolute Gasteiger partial charge is 0.410 e. The highest BCUT2D eigenvalue weighted by Gasteiger charge is 2.43. The number of likely N-dealkylation sites (tertiary alicyclic amines) is 1. The van der Waals surface area contributed by atoms with Crippen molar-refractivity contribution in [2.45, 2.75) is 69.0 Å². The minimum Gasteiger partial charge on any atom is -0.497 e. The van der Waals surface area contributed by atoms with Crippen LogP contribution in [0.25, 0.3) is 0 Å². The fourth-order valence-electron chi connectivity index (χ4n) is 4.96. The molecule has 0 spiro atoms. The lowest BCUT2D eigenvalue weighted by Crippen LogP contribution is -2.53. The molecule has 0 saturated carbocycles. The van der Waals surface area contributed by atoms with Crippen LogP contribution >= 0.6 is 11.6 Å². The first-order valence-corrected chi connectivity index (χ1v) is 13.8. The SMILES string of the molecule is COc1ccc2c(c1)CCC2N([C@@H]1CCCN(C(=O)OC(C)(C)C)C1)S(=O)(=O)c1ccc(Cl)cc1. The Morgan fingerprint density at radius 2 is 1.83 bits per heavy atom. The Labute approximate surface area is 213 Å². The summed E-state index contributed by atoms with van der Waals surface area (Å²) in [6.07, 6.45) is 2.36. The highest BCUT2D eigenvalue weighted by molar-refractivity contribution is 7.89. The number of benzene rings is 2. The first-order valence-electron chi connectivity index (χ1n) is 11.9. The molecule has 1 amide bonds. The quantitative estimate of drug-likeness (QED) is 0.525. The zero-order valence-electron chi connectivity index (χ0n) is 20.7. The monoisotopic (exact) mass is 520 g/mol. The van der Waals surface area contributed by atoms with Gasteiger partial charge in [0.15, 0.2) is 0 Å². The van der Waals surface area contributed by atoms with Crippen LogP contribution in [0, 0.1) is 0 Å². The molecule has 7 nitrogen and oxygen atoms in total. The van der Waals surface area contributed by atoms with E-state index in [4.69, 9.17) is 21.1 Å². The number of nitrogens with zero attached hydrogens (tertiary/aromatic N) is 2. The number of rotatable bonds is 5. The second-order valence-corrected chi connectivity index (χ2v) is 12.4.